The average Bonchev–Trinajstić information content (AvgIpc) is 2.72. The Morgan fingerprint density at radius 2 is 1.57 bits per heavy atom. The van der Waals surface area contributed by atoms with Crippen LogP contribution in [-0.2, 0) is 16.6 Å². The van der Waals surface area contributed by atoms with E-state index >= 15 is 0 Å². The van der Waals surface area contributed by atoms with Crippen molar-refractivity contribution < 1.29 is 17.9 Å². The summed E-state index contributed by atoms with van der Waals surface area (Å²) < 4.78 is 38.9. The van der Waals surface area contributed by atoms with Crippen LogP contribution in [0, 0.1) is 0 Å². The molecule has 3 aromatic carbocycles. The summed E-state index contributed by atoms with van der Waals surface area (Å²) in [7, 11) is -0.966. The number of anilines is 1. The fraction of sp³-hybridized carbons (Fsp3) is 0.143. The molecule has 7 heteroatoms. The SMILES string of the molecule is COc1ccc(N(Cc2ccccc2)S(=O)(=O)c2cc(Cl)ccc2OC)cc1. The smallest absolute Gasteiger partial charge is 0.268 e. The lowest BCUT2D eigenvalue weighted by atomic mass is 10.2. The molecule has 0 aliphatic carbocycles. The van der Waals surface area contributed by atoms with Gasteiger partial charge in [-0.2, -0.15) is 0 Å². The van der Waals surface area contributed by atoms with Crippen LogP contribution in [0.1, 0.15) is 5.56 Å². The molecule has 0 N–H and O–H groups in total. The van der Waals surface area contributed by atoms with Gasteiger partial charge in [0.1, 0.15) is 16.4 Å². The Morgan fingerprint density at radius 1 is 0.893 bits per heavy atom. The van der Waals surface area contributed by atoms with Crippen molar-refractivity contribution in [3.8, 4) is 11.5 Å². The first-order valence-electron chi connectivity index (χ1n) is 8.50. The van der Waals surface area contributed by atoms with Crippen molar-refractivity contribution in [2.45, 2.75) is 11.4 Å². The molecule has 0 atom stereocenters. The molecule has 5 nitrogen and oxygen atoms in total. The summed E-state index contributed by atoms with van der Waals surface area (Å²) in [6.07, 6.45) is 0. The molecule has 0 spiro atoms. The van der Waals surface area contributed by atoms with Crippen molar-refractivity contribution >= 4 is 27.3 Å². The molecule has 0 aliphatic rings. The molecule has 3 aromatic rings. The quantitative estimate of drug-likeness (QED) is 0.556. The van der Waals surface area contributed by atoms with Gasteiger partial charge in [0.2, 0.25) is 0 Å². The molecule has 0 aliphatic heterocycles. The fourth-order valence-electron chi connectivity index (χ4n) is 2.78. The first kappa shape index (κ1) is 20.0. The Morgan fingerprint density at radius 3 is 2.18 bits per heavy atom. The summed E-state index contributed by atoms with van der Waals surface area (Å²) in [5.41, 5.74) is 1.36. The lowest BCUT2D eigenvalue weighted by Crippen LogP contribution is -2.31. The van der Waals surface area contributed by atoms with Crippen LogP contribution in [0.3, 0.4) is 0 Å². The third-order valence-electron chi connectivity index (χ3n) is 4.22. The molecule has 0 radical (unpaired) electrons. The minimum atomic E-state index is -3.95. The summed E-state index contributed by atoms with van der Waals surface area (Å²) in [6, 6.07) is 20.8. The summed E-state index contributed by atoms with van der Waals surface area (Å²) in [5, 5.41) is 0.314. The van der Waals surface area contributed by atoms with Gasteiger partial charge in [-0.3, -0.25) is 4.31 Å². The fourth-order valence-corrected chi connectivity index (χ4v) is 4.66. The first-order valence-corrected chi connectivity index (χ1v) is 10.3. The van der Waals surface area contributed by atoms with Crippen LogP contribution in [0.25, 0.3) is 0 Å². The molecule has 0 fully saturated rings. The highest BCUT2D eigenvalue weighted by atomic mass is 35.5. The highest BCUT2D eigenvalue weighted by Gasteiger charge is 2.29. The maximum atomic E-state index is 13.6. The van der Waals surface area contributed by atoms with Gasteiger partial charge in [0, 0.05) is 5.02 Å². The third kappa shape index (κ3) is 4.24. The number of nitrogens with zero attached hydrogens (tertiary/aromatic N) is 1. The summed E-state index contributed by atoms with van der Waals surface area (Å²) in [4.78, 5) is 0.00856. The standard InChI is InChI=1S/C21H20ClNO4S/c1-26-19-11-9-18(10-12-19)23(15-16-6-4-3-5-7-16)28(24,25)21-14-17(22)8-13-20(21)27-2/h3-14H,15H2,1-2H3. The second kappa shape index (κ2) is 8.54. The highest BCUT2D eigenvalue weighted by Crippen LogP contribution is 2.33. The first-order chi connectivity index (χ1) is 13.5. The molecular weight excluding hydrogens is 398 g/mol. The van der Waals surface area contributed by atoms with E-state index in [-0.39, 0.29) is 17.2 Å². The van der Waals surface area contributed by atoms with Crippen molar-refractivity contribution in [2.24, 2.45) is 0 Å². The Bertz CT molecular complexity index is 1040. The van der Waals surface area contributed by atoms with Gasteiger partial charge in [0.05, 0.1) is 26.5 Å². The van der Waals surface area contributed by atoms with E-state index in [0.29, 0.717) is 16.5 Å². The van der Waals surface area contributed by atoms with Gasteiger partial charge in [-0.15, -0.1) is 0 Å². The van der Waals surface area contributed by atoms with Crippen LogP contribution in [0.15, 0.2) is 77.7 Å². The third-order valence-corrected chi connectivity index (χ3v) is 6.25. The molecule has 0 aromatic heterocycles. The number of hydrogen-bond acceptors (Lipinski definition) is 4. The summed E-state index contributed by atoms with van der Waals surface area (Å²) >= 11 is 6.08. The van der Waals surface area contributed by atoms with E-state index in [1.807, 2.05) is 30.3 Å². The predicted octanol–water partition coefficient (Wildman–Crippen LogP) is 4.75. The molecular formula is C21H20ClNO4S. The molecule has 0 bridgehead atoms. The topological polar surface area (TPSA) is 55.8 Å². The Balaban J connectivity index is 2.13. The van der Waals surface area contributed by atoms with Crippen LogP contribution >= 0.6 is 11.6 Å². The van der Waals surface area contributed by atoms with E-state index in [1.165, 1.54) is 17.5 Å². The molecule has 3 rings (SSSR count). The maximum absolute atomic E-state index is 13.6. The zero-order valence-electron chi connectivity index (χ0n) is 15.5. The monoisotopic (exact) mass is 417 g/mol. The van der Waals surface area contributed by atoms with Crippen molar-refractivity contribution in [2.75, 3.05) is 18.5 Å². The van der Waals surface area contributed by atoms with E-state index in [0.717, 1.165) is 5.56 Å². The van der Waals surface area contributed by atoms with Gasteiger partial charge in [-0.1, -0.05) is 41.9 Å². The molecule has 0 unspecified atom stereocenters. The van der Waals surface area contributed by atoms with Crippen LogP contribution in [0.2, 0.25) is 5.02 Å². The van der Waals surface area contributed by atoms with E-state index in [9.17, 15) is 8.42 Å². The molecule has 0 saturated carbocycles. The lowest BCUT2D eigenvalue weighted by molar-refractivity contribution is 0.402. The number of rotatable bonds is 7. The van der Waals surface area contributed by atoms with Crippen molar-refractivity contribution in [1.82, 2.24) is 0 Å². The van der Waals surface area contributed by atoms with Crippen molar-refractivity contribution in [3.63, 3.8) is 0 Å². The number of benzene rings is 3. The van der Waals surface area contributed by atoms with Gasteiger partial charge in [-0.25, -0.2) is 8.42 Å². The highest BCUT2D eigenvalue weighted by molar-refractivity contribution is 7.93. The number of halogens is 1. The average molecular weight is 418 g/mol. The van der Waals surface area contributed by atoms with E-state index in [2.05, 4.69) is 0 Å². The van der Waals surface area contributed by atoms with Gasteiger partial charge >= 0.3 is 0 Å². The summed E-state index contributed by atoms with van der Waals surface area (Å²) in [6.45, 7) is 0.158. The molecule has 0 amide bonds. The van der Waals surface area contributed by atoms with E-state index in [1.54, 1.807) is 43.5 Å². The van der Waals surface area contributed by atoms with E-state index < -0.39 is 10.0 Å². The number of ether oxygens (including phenoxy) is 2. The van der Waals surface area contributed by atoms with Gasteiger partial charge in [0.25, 0.3) is 10.0 Å². The van der Waals surface area contributed by atoms with Gasteiger partial charge in [-0.05, 0) is 48.0 Å². The van der Waals surface area contributed by atoms with Gasteiger partial charge < -0.3 is 9.47 Å². The number of methoxy groups -OCH3 is 2. The minimum Gasteiger partial charge on any atom is -0.497 e. The zero-order valence-corrected chi connectivity index (χ0v) is 17.1. The summed E-state index contributed by atoms with van der Waals surface area (Å²) in [5.74, 6) is 0.872. The largest absolute Gasteiger partial charge is 0.497 e. The Hall–Kier alpha value is -2.70. The lowest BCUT2D eigenvalue weighted by Gasteiger charge is -2.26. The van der Waals surface area contributed by atoms with Crippen molar-refractivity contribution in [3.05, 3.63) is 83.4 Å². The Kier molecular flexibility index (Phi) is 6.11. The zero-order chi connectivity index (χ0) is 20.1. The maximum Gasteiger partial charge on any atom is 0.268 e. The van der Waals surface area contributed by atoms with Crippen LogP contribution in [0.5, 0.6) is 11.5 Å². The number of hydrogen-bond donors (Lipinski definition) is 0. The van der Waals surface area contributed by atoms with E-state index in [4.69, 9.17) is 21.1 Å². The molecule has 0 heterocycles. The molecule has 28 heavy (non-hydrogen) atoms. The van der Waals surface area contributed by atoms with Crippen LogP contribution in [-0.4, -0.2) is 22.6 Å². The Labute approximate surface area is 170 Å². The minimum absolute atomic E-state index is 0.00856. The number of sulfonamides is 1. The molecule has 0 saturated heterocycles. The molecule has 146 valence electrons. The van der Waals surface area contributed by atoms with Crippen molar-refractivity contribution in [1.29, 1.82) is 0 Å². The normalized spacial score (nSPS) is 11.1. The second-order valence-electron chi connectivity index (χ2n) is 5.99. The predicted molar refractivity (Wildman–Crippen MR) is 111 cm³/mol. The second-order valence-corrected chi connectivity index (χ2v) is 8.26. The van der Waals surface area contributed by atoms with Gasteiger partial charge in [0.15, 0.2) is 0 Å². The van der Waals surface area contributed by atoms with Crippen LogP contribution < -0.4 is 13.8 Å². The van der Waals surface area contributed by atoms with Crippen LogP contribution in [0.4, 0.5) is 5.69 Å².